The van der Waals surface area contributed by atoms with Crippen molar-refractivity contribution in [1.29, 1.82) is 0 Å². The fourth-order valence-corrected chi connectivity index (χ4v) is 3.02. The normalized spacial score (nSPS) is 12.3. The molecule has 0 aromatic heterocycles. The molecule has 0 aliphatic carbocycles. The van der Waals surface area contributed by atoms with Crippen molar-refractivity contribution in [3.63, 3.8) is 0 Å². The Labute approximate surface area is 175 Å². The molecule has 0 saturated heterocycles. The van der Waals surface area contributed by atoms with E-state index < -0.39 is 11.7 Å². The average Bonchev–Trinajstić information content (AvgIpc) is 2.70. The Morgan fingerprint density at radius 3 is 2.50 bits per heavy atom. The molecule has 30 heavy (non-hydrogen) atoms. The van der Waals surface area contributed by atoms with E-state index in [9.17, 15) is 18.0 Å². The van der Waals surface area contributed by atoms with Crippen LogP contribution in [0.4, 0.5) is 18.9 Å². The summed E-state index contributed by atoms with van der Waals surface area (Å²) in [6, 6.07) is 12.2. The number of carbonyl (C=O) groups is 1. The van der Waals surface area contributed by atoms with Gasteiger partial charge < -0.3 is 15.4 Å². The predicted molar refractivity (Wildman–Crippen MR) is 113 cm³/mol. The van der Waals surface area contributed by atoms with Crippen LogP contribution in [0.3, 0.4) is 0 Å². The Balaban J connectivity index is 1.75. The maximum atomic E-state index is 12.8. The zero-order valence-electron chi connectivity index (χ0n) is 17.4. The Kier molecular flexibility index (Phi) is 9.02. The van der Waals surface area contributed by atoms with Crippen LogP contribution in [0.25, 0.3) is 0 Å². The zero-order chi connectivity index (χ0) is 22.0. The van der Waals surface area contributed by atoms with Crippen LogP contribution in [-0.2, 0) is 17.4 Å². The summed E-state index contributed by atoms with van der Waals surface area (Å²) in [6.45, 7) is 4.67. The van der Waals surface area contributed by atoms with Gasteiger partial charge in [-0.2, -0.15) is 13.2 Å². The van der Waals surface area contributed by atoms with Crippen LogP contribution < -0.4 is 15.4 Å². The predicted octanol–water partition coefficient (Wildman–Crippen LogP) is 5.43. The lowest BCUT2D eigenvalue weighted by Gasteiger charge is -2.16. The number of alkyl halides is 3. The van der Waals surface area contributed by atoms with Gasteiger partial charge >= 0.3 is 6.18 Å². The highest BCUT2D eigenvalue weighted by molar-refractivity contribution is 5.77. The topological polar surface area (TPSA) is 50.4 Å². The van der Waals surface area contributed by atoms with Crippen molar-refractivity contribution >= 4 is 11.6 Å². The average molecular weight is 422 g/mol. The molecule has 2 N–H and O–H groups in total. The van der Waals surface area contributed by atoms with Crippen LogP contribution in [-0.4, -0.2) is 25.1 Å². The zero-order valence-corrected chi connectivity index (χ0v) is 17.4. The number of benzene rings is 2. The number of carbonyl (C=O) groups excluding carboxylic acids is 1. The van der Waals surface area contributed by atoms with Gasteiger partial charge in [0.2, 0.25) is 0 Å². The van der Waals surface area contributed by atoms with Crippen molar-refractivity contribution < 1.29 is 22.7 Å². The smallest absolute Gasteiger partial charge is 0.416 e. The molecular weight excluding hydrogens is 393 g/mol. The monoisotopic (exact) mass is 422 g/mol. The summed E-state index contributed by atoms with van der Waals surface area (Å²) in [5.41, 5.74) is 0.823. The van der Waals surface area contributed by atoms with Crippen molar-refractivity contribution in [3.8, 4) is 5.75 Å². The Morgan fingerprint density at radius 2 is 1.83 bits per heavy atom. The SMILES string of the molecule is CCCCCNc1ccc(OCC(=O)NC(C)Cc2cccc(C(F)(F)F)c2)cc1. The molecule has 0 heterocycles. The first kappa shape index (κ1) is 23.6. The van der Waals surface area contributed by atoms with Crippen LogP contribution in [0.2, 0.25) is 0 Å². The van der Waals surface area contributed by atoms with E-state index in [1.165, 1.54) is 18.9 Å². The van der Waals surface area contributed by atoms with Gasteiger partial charge in [-0.25, -0.2) is 0 Å². The van der Waals surface area contributed by atoms with Crippen LogP contribution in [0, 0.1) is 0 Å². The quantitative estimate of drug-likeness (QED) is 0.475. The van der Waals surface area contributed by atoms with E-state index in [0.29, 0.717) is 17.7 Å². The van der Waals surface area contributed by atoms with Crippen molar-refractivity contribution in [2.24, 2.45) is 0 Å². The number of ether oxygens (including phenoxy) is 1. The van der Waals surface area contributed by atoms with Gasteiger partial charge in [-0.3, -0.25) is 4.79 Å². The van der Waals surface area contributed by atoms with Crippen molar-refractivity contribution in [2.75, 3.05) is 18.5 Å². The highest BCUT2D eigenvalue weighted by Crippen LogP contribution is 2.29. The van der Waals surface area contributed by atoms with Crippen LogP contribution in [0.15, 0.2) is 48.5 Å². The second kappa shape index (κ2) is 11.5. The fraction of sp³-hybridized carbons (Fsp3) is 0.435. The number of hydrogen-bond acceptors (Lipinski definition) is 3. The molecule has 0 spiro atoms. The molecule has 0 radical (unpaired) electrons. The highest BCUT2D eigenvalue weighted by atomic mass is 19.4. The van der Waals surface area contributed by atoms with E-state index >= 15 is 0 Å². The molecule has 164 valence electrons. The number of unbranched alkanes of at least 4 members (excludes halogenated alkanes) is 2. The van der Waals surface area contributed by atoms with Gasteiger partial charge in [-0.15, -0.1) is 0 Å². The summed E-state index contributed by atoms with van der Waals surface area (Å²) < 4.78 is 43.9. The number of anilines is 1. The lowest BCUT2D eigenvalue weighted by atomic mass is 10.0. The first-order valence-electron chi connectivity index (χ1n) is 10.2. The third kappa shape index (κ3) is 8.35. The van der Waals surface area contributed by atoms with Crippen molar-refractivity contribution in [3.05, 3.63) is 59.7 Å². The molecule has 0 saturated carbocycles. The number of nitrogens with one attached hydrogen (secondary N) is 2. The van der Waals surface area contributed by atoms with Crippen LogP contribution in [0.1, 0.15) is 44.2 Å². The van der Waals surface area contributed by atoms with Gasteiger partial charge in [0.15, 0.2) is 6.61 Å². The minimum Gasteiger partial charge on any atom is -0.484 e. The highest BCUT2D eigenvalue weighted by Gasteiger charge is 2.30. The van der Waals surface area contributed by atoms with E-state index in [2.05, 4.69) is 17.6 Å². The standard InChI is InChI=1S/C23H29F3N2O2/c1-3-4-5-13-27-20-9-11-21(12-10-20)30-16-22(29)28-17(2)14-18-7-6-8-19(15-18)23(24,25)26/h6-12,15,17,27H,3-5,13-14,16H2,1-2H3,(H,28,29). The Bertz CT molecular complexity index is 792. The van der Waals surface area contributed by atoms with Gasteiger partial charge in [-0.05, 0) is 55.7 Å². The number of halogens is 3. The van der Waals surface area contributed by atoms with E-state index in [1.54, 1.807) is 25.1 Å². The first-order valence-corrected chi connectivity index (χ1v) is 10.2. The minimum absolute atomic E-state index is 0.157. The molecule has 1 amide bonds. The molecule has 2 aromatic rings. The third-order valence-electron chi connectivity index (χ3n) is 4.54. The van der Waals surface area contributed by atoms with Gasteiger partial charge in [0.05, 0.1) is 5.56 Å². The maximum Gasteiger partial charge on any atom is 0.416 e. The molecule has 1 atom stereocenters. The molecule has 0 aliphatic heterocycles. The van der Waals surface area contributed by atoms with E-state index in [-0.39, 0.29) is 18.6 Å². The van der Waals surface area contributed by atoms with Gasteiger partial charge in [0, 0.05) is 18.3 Å². The van der Waals surface area contributed by atoms with Gasteiger partial charge in [0.1, 0.15) is 5.75 Å². The first-order chi connectivity index (χ1) is 14.3. The number of rotatable bonds is 11. The third-order valence-corrected chi connectivity index (χ3v) is 4.54. The van der Waals surface area contributed by atoms with Crippen molar-refractivity contribution in [2.45, 2.75) is 51.7 Å². The summed E-state index contributed by atoms with van der Waals surface area (Å²) in [5.74, 6) is 0.256. The summed E-state index contributed by atoms with van der Waals surface area (Å²) >= 11 is 0. The molecule has 2 aromatic carbocycles. The molecule has 0 fully saturated rings. The summed E-state index contributed by atoms with van der Waals surface area (Å²) in [7, 11) is 0. The lowest BCUT2D eigenvalue weighted by molar-refractivity contribution is -0.137. The van der Waals surface area contributed by atoms with Crippen LogP contribution >= 0.6 is 0 Å². The van der Waals surface area contributed by atoms with Gasteiger partial charge in [-0.1, -0.05) is 38.0 Å². The molecule has 0 bridgehead atoms. The molecule has 2 rings (SSSR count). The summed E-state index contributed by atoms with van der Waals surface area (Å²) in [6.07, 6.45) is -0.594. The number of hydrogen-bond donors (Lipinski definition) is 2. The summed E-state index contributed by atoms with van der Waals surface area (Å²) in [5, 5.41) is 6.08. The maximum absolute atomic E-state index is 12.8. The van der Waals surface area contributed by atoms with E-state index in [1.807, 2.05) is 12.1 Å². The molecule has 4 nitrogen and oxygen atoms in total. The number of amides is 1. The lowest BCUT2D eigenvalue weighted by Crippen LogP contribution is -2.37. The second-order valence-electron chi connectivity index (χ2n) is 7.32. The Morgan fingerprint density at radius 1 is 1.10 bits per heavy atom. The molecule has 1 unspecified atom stereocenters. The molecular formula is C23H29F3N2O2. The van der Waals surface area contributed by atoms with Crippen LogP contribution in [0.5, 0.6) is 5.75 Å². The molecule has 7 heteroatoms. The van der Waals surface area contributed by atoms with E-state index in [0.717, 1.165) is 30.8 Å². The Hall–Kier alpha value is -2.70. The van der Waals surface area contributed by atoms with E-state index in [4.69, 9.17) is 4.74 Å². The summed E-state index contributed by atoms with van der Waals surface area (Å²) in [4.78, 5) is 12.1. The fourth-order valence-electron chi connectivity index (χ4n) is 3.02. The molecule has 0 aliphatic rings. The van der Waals surface area contributed by atoms with Crippen molar-refractivity contribution in [1.82, 2.24) is 5.32 Å². The minimum atomic E-state index is -4.38. The van der Waals surface area contributed by atoms with Gasteiger partial charge in [0.25, 0.3) is 5.91 Å². The second-order valence-corrected chi connectivity index (χ2v) is 7.32. The largest absolute Gasteiger partial charge is 0.484 e.